The summed E-state index contributed by atoms with van der Waals surface area (Å²) in [7, 11) is 0. The zero-order valence-corrected chi connectivity index (χ0v) is 11.5. The van der Waals surface area contributed by atoms with Gasteiger partial charge in [-0.25, -0.2) is 4.39 Å². The van der Waals surface area contributed by atoms with Crippen LogP contribution in [0.4, 0.5) is 4.39 Å². The van der Waals surface area contributed by atoms with Crippen molar-refractivity contribution in [2.24, 2.45) is 4.99 Å². The molecule has 1 aliphatic rings. The van der Waals surface area contributed by atoms with Crippen LogP contribution in [0.3, 0.4) is 0 Å². The SMILES string of the molecule is CCc1nnc2n1-c1ccc(F)cc1C(SC)=NC2. The number of hydrogen-bond donors (Lipinski definition) is 0. The molecule has 2 heterocycles. The van der Waals surface area contributed by atoms with Gasteiger partial charge in [0.05, 0.1) is 5.69 Å². The second-order valence-corrected chi connectivity index (χ2v) is 5.00. The van der Waals surface area contributed by atoms with E-state index in [-0.39, 0.29) is 5.82 Å². The van der Waals surface area contributed by atoms with Crippen molar-refractivity contribution in [2.75, 3.05) is 6.26 Å². The minimum atomic E-state index is -0.255. The highest BCUT2D eigenvalue weighted by Crippen LogP contribution is 2.27. The third kappa shape index (κ3) is 1.96. The van der Waals surface area contributed by atoms with Crippen LogP contribution >= 0.6 is 11.8 Å². The van der Waals surface area contributed by atoms with Crippen molar-refractivity contribution in [1.29, 1.82) is 0 Å². The Bertz CT molecular complexity index is 663. The molecule has 0 radical (unpaired) electrons. The molecule has 6 heteroatoms. The van der Waals surface area contributed by atoms with Gasteiger partial charge in [0.2, 0.25) is 0 Å². The molecule has 19 heavy (non-hydrogen) atoms. The monoisotopic (exact) mass is 276 g/mol. The summed E-state index contributed by atoms with van der Waals surface area (Å²) in [5, 5.41) is 9.19. The van der Waals surface area contributed by atoms with Gasteiger partial charge in [0.15, 0.2) is 5.82 Å². The molecule has 0 fully saturated rings. The lowest BCUT2D eigenvalue weighted by Gasteiger charge is -2.11. The van der Waals surface area contributed by atoms with Crippen molar-refractivity contribution in [1.82, 2.24) is 14.8 Å². The lowest BCUT2D eigenvalue weighted by molar-refractivity contribution is 0.627. The quantitative estimate of drug-likeness (QED) is 0.804. The van der Waals surface area contributed by atoms with Gasteiger partial charge in [0, 0.05) is 12.0 Å². The molecule has 3 rings (SSSR count). The topological polar surface area (TPSA) is 43.1 Å². The molecule has 4 nitrogen and oxygen atoms in total. The maximum atomic E-state index is 13.5. The lowest BCUT2D eigenvalue weighted by Crippen LogP contribution is -2.07. The van der Waals surface area contributed by atoms with Crippen LogP contribution in [0.25, 0.3) is 5.69 Å². The maximum absolute atomic E-state index is 13.5. The van der Waals surface area contributed by atoms with Gasteiger partial charge in [0.25, 0.3) is 0 Å². The molecule has 1 aliphatic heterocycles. The molecule has 98 valence electrons. The molecule has 0 aliphatic carbocycles. The average Bonchev–Trinajstić information content (AvgIpc) is 2.76. The number of nitrogens with zero attached hydrogens (tertiary/aromatic N) is 4. The first kappa shape index (κ1) is 12.3. The lowest BCUT2D eigenvalue weighted by atomic mass is 10.1. The van der Waals surface area contributed by atoms with Crippen LogP contribution in [0.15, 0.2) is 23.2 Å². The molecule has 0 amide bonds. The van der Waals surface area contributed by atoms with Crippen molar-refractivity contribution in [3.05, 3.63) is 41.2 Å². The first-order chi connectivity index (χ1) is 9.24. The zero-order valence-electron chi connectivity index (χ0n) is 10.7. The molecule has 0 bridgehead atoms. The van der Waals surface area contributed by atoms with Crippen LogP contribution in [0.5, 0.6) is 0 Å². The minimum absolute atomic E-state index is 0.255. The maximum Gasteiger partial charge on any atom is 0.159 e. The molecule has 2 aromatic rings. The summed E-state index contributed by atoms with van der Waals surface area (Å²) in [5.74, 6) is 1.42. The van der Waals surface area contributed by atoms with Crippen LogP contribution < -0.4 is 0 Å². The first-order valence-corrected chi connectivity index (χ1v) is 7.29. The number of thioether (sulfide) groups is 1. The van der Waals surface area contributed by atoms with Gasteiger partial charge in [-0.15, -0.1) is 22.0 Å². The standard InChI is InChI=1S/C13H13FN4S/c1-3-11-16-17-12-7-15-13(19-2)9-6-8(14)4-5-10(9)18(11)12/h4-6H,3,7H2,1-2H3. The summed E-state index contributed by atoms with van der Waals surface area (Å²) in [6, 6.07) is 4.76. The van der Waals surface area contributed by atoms with Crippen LogP contribution in [0.2, 0.25) is 0 Å². The third-order valence-electron chi connectivity index (χ3n) is 3.10. The fraction of sp³-hybridized carbons (Fsp3) is 0.308. The van der Waals surface area contributed by atoms with Crippen molar-refractivity contribution in [3.63, 3.8) is 0 Å². The van der Waals surface area contributed by atoms with E-state index in [1.165, 1.54) is 23.9 Å². The van der Waals surface area contributed by atoms with Gasteiger partial charge >= 0.3 is 0 Å². The Morgan fingerprint density at radius 2 is 2.21 bits per heavy atom. The van der Waals surface area contributed by atoms with Crippen LogP contribution in [0.1, 0.15) is 24.1 Å². The molecule has 0 N–H and O–H groups in total. The number of hydrogen-bond acceptors (Lipinski definition) is 4. The van der Waals surface area contributed by atoms with Crippen molar-refractivity contribution >= 4 is 16.8 Å². The number of rotatable bonds is 1. The van der Waals surface area contributed by atoms with E-state index in [0.717, 1.165) is 34.4 Å². The minimum Gasteiger partial charge on any atom is -0.281 e. The number of benzene rings is 1. The number of halogens is 1. The highest BCUT2D eigenvalue weighted by molar-refractivity contribution is 8.13. The number of aliphatic imine (C=N–C) groups is 1. The van der Waals surface area contributed by atoms with Gasteiger partial charge in [-0.1, -0.05) is 6.92 Å². The smallest absolute Gasteiger partial charge is 0.159 e. The molecule has 1 aromatic carbocycles. The van der Waals surface area contributed by atoms with Gasteiger partial charge in [-0.05, 0) is 24.5 Å². The second kappa shape index (κ2) is 4.77. The van der Waals surface area contributed by atoms with E-state index in [4.69, 9.17) is 0 Å². The third-order valence-corrected chi connectivity index (χ3v) is 3.84. The molecule has 0 saturated heterocycles. The second-order valence-electron chi connectivity index (χ2n) is 4.21. The van der Waals surface area contributed by atoms with Crippen molar-refractivity contribution < 1.29 is 4.39 Å². The molecule has 0 atom stereocenters. The van der Waals surface area contributed by atoms with Gasteiger partial charge in [-0.3, -0.25) is 9.56 Å². The Hall–Kier alpha value is -1.69. The summed E-state index contributed by atoms with van der Waals surface area (Å²) in [4.78, 5) is 4.50. The molecule has 0 unspecified atom stereocenters. The fourth-order valence-corrected chi connectivity index (χ4v) is 2.82. The predicted octanol–water partition coefficient (Wildman–Crippen LogP) is 2.59. The normalized spacial score (nSPS) is 13.5. The van der Waals surface area contributed by atoms with E-state index in [0.29, 0.717) is 6.54 Å². The van der Waals surface area contributed by atoms with E-state index < -0.39 is 0 Å². The van der Waals surface area contributed by atoms with Crippen molar-refractivity contribution in [3.8, 4) is 5.69 Å². The molecule has 0 saturated carbocycles. The highest BCUT2D eigenvalue weighted by atomic mass is 32.2. The Labute approximate surface area is 114 Å². The average molecular weight is 276 g/mol. The van der Waals surface area contributed by atoms with Crippen molar-refractivity contribution in [2.45, 2.75) is 19.9 Å². The first-order valence-electron chi connectivity index (χ1n) is 6.06. The van der Waals surface area contributed by atoms with E-state index in [1.807, 2.05) is 17.7 Å². The largest absolute Gasteiger partial charge is 0.281 e. The Kier molecular flexibility index (Phi) is 3.10. The number of aromatic nitrogens is 3. The number of fused-ring (bicyclic) bond motifs is 3. The van der Waals surface area contributed by atoms with E-state index >= 15 is 0 Å². The predicted molar refractivity (Wildman–Crippen MR) is 74.5 cm³/mol. The van der Waals surface area contributed by atoms with Crippen LogP contribution in [0, 0.1) is 5.82 Å². The highest BCUT2D eigenvalue weighted by Gasteiger charge is 2.21. The van der Waals surface area contributed by atoms with Gasteiger partial charge in [-0.2, -0.15) is 0 Å². The number of aryl methyl sites for hydroxylation is 1. The molecule has 0 spiro atoms. The Morgan fingerprint density at radius 1 is 1.37 bits per heavy atom. The summed E-state index contributed by atoms with van der Waals surface area (Å²) in [6.07, 6.45) is 2.72. The Morgan fingerprint density at radius 3 is 2.95 bits per heavy atom. The van der Waals surface area contributed by atoms with Gasteiger partial charge < -0.3 is 0 Å². The Balaban J connectivity index is 2.31. The summed E-state index contributed by atoms with van der Waals surface area (Å²) < 4.78 is 15.5. The summed E-state index contributed by atoms with van der Waals surface area (Å²) in [6.45, 7) is 2.50. The van der Waals surface area contributed by atoms with Gasteiger partial charge in [0.1, 0.15) is 23.2 Å². The molecular weight excluding hydrogens is 263 g/mol. The molecular formula is C13H13FN4S. The van der Waals surface area contributed by atoms with E-state index in [9.17, 15) is 4.39 Å². The van der Waals surface area contributed by atoms with E-state index in [1.54, 1.807) is 6.07 Å². The summed E-state index contributed by atoms with van der Waals surface area (Å²) >= 11 is 1.52. The molecule has 1 aromatic heterocycles. The zero-order chi connectivity index (χ0) is 13.4. The van der Waals surface area contributed by atoms with Crippen LogP contribution in [-0.2, 0) is 13.0 Å². The summed E-state index contributed by atoms with van der Waals surface area (Å²) in [5.41, 5.74) is 1.71. The van der Waals surface area contributed by atoms with E-state index in [2.05, 4.69) is 15.2 Å². The van der Waals surface area contributed by atoms with Crippen LogP contribution in [-0.4, -0.2) is 26.1 Å². The fourth-order valence-electron chi connectivity index (χ4n) is 2.24.